The molecule has 0 radical (unpaired) electrons. The lowest BCUT2D eigenvalue weighted by Gasteiger charge is -2.28. The van der Waals surface area contributed by atoms with E-state index in [1.807, 2.05) is 19.1 Å². The third kappa shape index (κ3) is 5.91. The van der Waals surface area contributed by atoms with Crippen LogP contribution in [0.4, 0.5) is 17.6 Å². The van der Waals surface area contributed by atoms with E-state index in [0.29, 0.717) is 49.2 Å². The van der Waals surface area contributed by atoms with Crippen molar-refractivity contribution < 1.29 is 27.0 Å². The van der Waals surface area contributed by atoms with Gasteiger partial charge in [0.05, 0.1) is 19.9 Å². The van der Waals surface area contributed by atoms with Gasteiger partial charge in [0.1, 0.15) is 0 Å². The molecule has 0 bridgehead atoms. The molecule has 2 aliphatic rings. The van der Waals surface area contributed by atoms with E-state index in [9.17, 15) is 17.6 Å². The summed E-state index contributed by atoms with van der Waals surface area (Å²) < 4.78 is 64.7. The first-order chi connectivity index (χ1) is 15.3. The Labute approximate surface area is 188 Å². The van der Waals surface area contributed by atoms with Crippen molar-refractivity contribution in [3.05, 3.63) is 76.9 Å². The molecule has 1 aromatic carbocycles. The number of hydrogen-bond acceptors (Lipinski definition) is 2. The molecule has 32 heavy (non-hydrogen) atoms. The molecular weight excluding hydrogens is 420 g/mol. The zero-order chi connectivity index (χ0) is 23.8. The fourth-order valence-electron chi connectivity index (χ4n) is 3.92. The minimum Gasteiger partial charge on any atom is -0.450 e. The number of hydrogen-bond donors (Lipinski definition) is 0. The van der Waals surface area contributed by atoms with Crippen molar-refractivity contribution in [3.8, 4) is 5.75 Å². The van der Waals surface area contributed by atoms with Crippen LogP contribution in [-0.4, -0.2) is 19.9 Å². The fraction of sp³-hybridized carbons (Fsp3) is 0.462. The predicted molar refractivity (Wildman–Crippen MR) is 120 cm³/mol. The van der Waals surface area contributed by atoms with E-state index in [2.05, 4.69) is 13.2 Å². The Morgan fingerprint density at radius 2 is 1.94 bits per heavy atom. The molecule has 0 spiro atoms. The van der Waals surface area contributed by atoms with Crippen LogP contribution in [0.5, 0.6) is 5.75 Å². The highest BCUT2D eigenvalue weighted by Gasteiger charge is 2.29. The maximum atomic E-state index is 14.8. The first-order valence-corrected chi connectivity index (χ1v) is 10.9. The number of ether oxygens (including phenoxy) is 2. The molecule has 1 aromatic rings. The molecule has 176 valence electrons. The van der Waals surface area contributed by atoms with Gasteiger partial charge in [0.2, 0.25) is 5.82 Å². The van der Waals surface area contributed by atoms with Crippen molar-refractivity contribution in [2.45, 2.75) is 58.5 Å². The van der Waals surface area contributed by atoms with Crippen LogP contribution in [0.15, 0.2) is 54.1 Å². The Balaban J connectivity index is 0.00000176. The van der Waals surface area contributed by atoms with Gasteiger partial charge in [-0.2, -0.15) is 4.39 Å². The molecule has 1 fully saturated rings. The molecule has 2 heterocycles. The molecule has 3 rings (SSSR count). The van der Waals surface area contributed by atoms with Gasteiger partial charge in [-0.15, -0.1) is 0 Å². The van der Waals surface area contributed by atoms with Crippen LogP contribution in [0.2, 0.25) is 0 Å². The average molecular weight is 453 g/mol. The normalized spacial score (nSPS) is 22.0. The van der Waals surface area contributed by atoms with Crippen molar-refractivity contribution in [2.75, 3.05) is 13.8 Å². The summed E-state index contributed by atoms with van der Waals surface area (Å²) in [6, 6.07) is 1.62. The average Bonchev–Trinajstić information content (AvgIpc) is 2.81. The maximum Gasteiger partial charge on any atom is 0.201 e. The smallest absolute Gasteiger partial charge is 0.201 e. The highest BCUT2D eigenvalue weighted by molar-refractivity contribution is 5.51. The SMILES string of the molecule is C=C(CC)/C(F)=C1/Oc2c(cc(CCC3CCC(/C=C/C)OC3)c(F)c2F)CC1=C.CF. The van der Waals surface area contributed by atoms with Crippen molar-refractivity contribution >= 4 is 0 Å². The van der Waals surface area contributed by atoms with Gasteiger partial charge in [-0.3, -0.25) is 4.39 Å². The van der Waals surface area contributed by atoms with E-state index >= 15 is 0 Å². The van der Waals surface area contributed by atoms with E-state index in [0.717, 1.165) is 19.3 Å². The Morgan fingerprint density at radius 3 is 2.53 bits per heavy atom. The van der Waals surface area contributed by atoms with Crippen molar-refractivity contribution in [1.29, 1.82) is 0 Å². The van der Waals surface area contributed by atoms with Gasteiger partial charge in [-0.25, -0.2) is 8.78 Å². The molecule has 1 saturated heterocycles. The first-order valence-electron chi connectivity index (χ1n) is 10.9. The lowest BCUT2D eigenvalue weighted by atomic mass is 9.90. The van der Waals surface area contributed by atoms with Crippen molar-refractivity contribution in [1.82, 2.24) is 0 Å². The van der Waals surface area contributed by atoms with E-state index in [4.69, 9.17) is 9.47 Å². The largest absolute Gasteiger partial charge is 0.450 e. The van der Waals surface area contributed by atoms with Crippen LogP contribution in [0.1, 0.15) is 50.7 Å². The number of halogens is 4. The first kappa shape index (κ1) is 25.9. The van der Waals surface area contributed by atoms with Crippen LogP contribution in [0, 0.1) is 17.6 Å². The molecule has 0 saturated carbocycles. The molecule has 0 amide bonds. The quantitative estimate of drug-likeness (QED) is 0.329. The number of fused-ring (bicyclic) bond motifs is 1. The highest BCUT2D eigenvalue weighted by Crippen LogP contribution is 2.39. The minimum atomic E-state index is -1.07. The number of allylic oxidation sites excluding steroid dienone is 4. The fourth-order valence-corrected chi connectivity index (χ4v) is 3.92. The minimum absolute atomic E-state index is 0.152. The summed E-state index contributed by atoms with van der Waals surface area (Å²) in [5.74, 6) is -2.76. The molecule has 0 N–H and O–H groups in total. The standard InChI is InChI=1S/C25H29F3O2.CH3F/c1-5-7-20-11-9-17(14-29-20)8-10-18-13-19-12-16(4)24(21(26)15(3)6-2)30-25(19)23(28)22(18)27;1-2/h5,7,13,17,20H,3-4,6,8-12,14H2,1-2H3;1H3/b7-5+,24-21-;. The number of aryl methyl sites for hydroxylation is 1. The second-order valence-corrected chi connectivity index (χ2v) is 8.01. The molecule has 0 aromatic heterocycles. The molecule has 0 aliphatic carbocycles. The lowest BCUT2D eigenvalue weighted by Crippen LogP contribution is -2.25. The Hall–Kier alpha value is -2.34. The summed E-state index contributed by atoms with van der Waals surface area (Å²) in [5, 5.41) is 0. The molecule has 2 atom stereocenters. The zero-order valence-electron chi connectivity index (χ0n) is 19.1. The highest BCUT2D eigenvalue weighted by atomic mass is 19.2. The number of alkyl halides is 1. The summed E-state index contributed by atoms with van der Waals surface area (Å²) in [6.45, 7) is 11.8. The summed E-state index contributed by atoms with van der Waals surface area (Å²) in [7, 11) is 0.500. The zero-order valence-corrected chi connectivity index (χ0v) is 19.1. The lowest BCUT2D eigenvalue weighted by molar-refractivity contribution is 0.00855. The summed E-state index contributed by atoms with van der Waals surface area (Å²) in [5.41, 5.74) is 1.42. The third-order valence-electron chi connectivity index (χ3n) is 5.81. The Kier molecular flexibility index (Phi) is 9.76. The Bertz CT molecular complexity index is 894. The van der Waals surface area contributed by atoms with Gasteiger partial charge >= 0.3 is 0 Å². The second-order valence-electron chi connectivity index (χ2n) is 8.01. The van der Waals surface area contributed by atoms with Crippen LogP contribution in [0.25, 0.3) is 0 Å². The number of rotatable bonds is 6. The maximum absolute atomic E-state index is 14.8. The molecule has 2 nitrogen and oxygen atoms in total. The van der Waals surface area contributed by atoms with Crippen molar-refractivity contribution in [3.63, 3.8) is 0 Å². The second kappa shape index (κ2) is 12.0. The van der Waals surface area contributed by atoms with E-state index in [1.54, 1.807) is 13.0 Å². The monoisotopic (exact) mass is 452 g/mol. The third-order valence-corrected chi connectivity index (χ3v) is 5.81. The molecule has 2 unspecified atom stereocenters. The van der Waals surface area contributed by atoms with Gasteiger partial charge in [0.25, 0.3) is 0 Å². The van der Waals surface area contributed by atoms with Crippen LogP contribution >= 0.6 is 0 Å². The van der Waals surface area contributed by atoms with Crippen molar-refractivity contribution in [2.24, 2.45) is 5.92 Å². The predicted octanol–water partition coefficient (Wildman–Crippen LogP) is 7.49. The van der Waals surface area contributed by atoms with E-state index < -0.39 is 17.5 Å². The summed E-state index contributed by atoms with van der Waals surface area (Å²) in [6.07, 6.45) is 7.83. The van der Waals surface area contributed by atoms with Gasteiger partial charge < -0.3 is 9.47 Å². The van der Waals surface area contributed by atoms with E-state index in [-0.39, 0.29) is 29.6 Å². The van der Waals surface area contributed by atoms with Crippen LogP contribution in [0.3, 0.4) is 0 Å². The number of benzene rings is 1. The summed E-state index contributed by atoms with van der Waals surface area (Å²) in [4.78, 5) is 0. The van der Waals surface area contributed by atoms with Crippen LogP contribution < -0.4 is 4.74 Å². The van der Waals surface area contributed by atoms with Gasteiger partial charge in [0, 0.05) is 12.0 Å². The molecule has 2 aliphatic heterocycles. The molecular formula is C26H32F4O2. The Morgan fingerprint density at radius 1 is 1.22 bits per heavy atom. The van der Waals surface area contributed by atoms with Crippen LogP contribution in [-0.2, 0) is 17.6 Å². The topological polar surface area (TPSA) is 18.5 Å². The van der Waals surface area contributed by atoms with Gasteiger partial charge in [-0.1, -0.05) is 32.2 Å². The van der Waals surface area contributed by atoms with E-state index in [1.165, 1.54) is 0 Å². The summed E-state index contributed by atoms with van der Waals surface area (Å²) >= 11 is 0. The van der Waals surface area contributed by atoms with Gasteiger partial charge in [0.15, 0.2) is 23.2 Å². The molecule has 6 heteroatoms. The van der Waals surface area contributed by atoms with Gasteiger partial charge in [-0.05, 0) is 67.7 Å².